The molecule has 4 nitrogen and oxygen atoms in total. The topological polar surface area (TPSA) is 52.6 Å². The Balaban J connectivity index is 2.52. The molecule has 0 N–H and O–H groups in total. The molecule has 1 aliphatic carbocycles. The van der Waals surface area contributed by atoms with Gasteiger partial charge in [-0.05, 0) is 19.9 Å². The molecule has 2 rings (SSSR count). The maximum atomic E-state index is 12.2. The smallest absolute Gasteiger partial charge is 0.232 e. The molecular weight excluding hydrogens is 232 g/mol. The van der Waals surface area contributed by atoms with Crippen LogP contribution in [0.25, 0.3) is 0 Å². The summed E-state index contributed by atoms with van der Waals surface area (Å²) >= 11 is 0. The summed E-state index contributed by atoms with van der Waals surface area (Å²) in [4.78, 5) is 24.1. The standard InChI is InChI=1S/C14H14O4/c1-3-17-11-7-5-6-9-10(15)8-12(18-4-2)14(16)13(9)11/h5-8H,3-4H2,1-2H3. The third-order valence-electron chi connectivity index (χ3n) is 2.60. The van der Waals surface area contributed by atoms with Crippen LogP contribution in [0, 0.1) is 0 Å². The number of carbonyl (C=O) groups excluding carboxylic acids is 2. The molecule has 0 aliphatic heterocycles. The number of benzene rings is 1. The summed E-state index contributed by atoms with van der Waals surface area (Å²) in [5.74, 6) is -0.00842. The van der Waals surface area contributed by atoms with Gasteiger partial charge in [0, 0.05) is 11.6 Å². The molecule has 0 amide bonds. The summed E-state index contributed by atoms with van der Waals surface area (Å²) in [5.41, 5.74) is 0.671. The summed E-state index contributed by atoms with van der Waals surface area (Å²) in [5, 5.41) is 0. The van der Waals surface area contributed by atoms with Crippen LogP contribution < -0.4 is 4.74 Å². The second-order valence-corrected chi connectivity index (χ2v) is 3.75. The molecule has 1 aliphatic rings. The molecule has 0 aromatic heterocycles. The number of fused-ring (bicyclic) bond motifs is 1. The zero-order valence-corrected chi connectivity index (χ0v) is 10.4. The summed E-state index contributed by atoms with van der Waals surface area (Å²) < 4.78 is 10.6. The fourth-order valence-corrected chi connectivity index (χ4v) is 1.89. The number of allylic oxidation sites excluding steroid dienone is 2. The highest BCUT2D eigenvalue weighted by Gasteiger charge is 2.29. The lowest BCUT2D eigenvalue weighted by molar-refractivity contribution is 0.0888. The first-order chi connectivity index (χ1) is 8.69. The number of hydrogen-bond acceptors (Lipinski definition) is 4. The van der Waals surface area contributed by atoms with Crippen molar-refractivity contribution in [3.05, 3.63) is 41.2 Å². The van der Waals surface area contributed by atoms with E-state index < -0.39 is 0 Å². The van der Waals surface area contributed by atoms with E-state index in [2.05, 4.69) is 0 Å². The van der Waals surface area contributed by atoms with Crippen molar-refractivity contribution < 1.29 is 19.1 Å². The molecule has 4 heteroatoms. The average molecular weight is 246 g/mol. The van der Waals surface area contributed by atoms with Gasteiger partial charge in [0.25, 0.3) is 0 Å². The van der Waals surface area contributed by atoms with Crippen LogP contribution in [0.15, 0.2) is 30.0 Å². The maximum Gasteiger partial charge on any atom is 0.232 e. The molecule has 94 valence electrons. The summed E-state index contributed by atoms with van der Waals surface area (Å²) in [6.45, 7) is 4.37. The molecule has 0 spiro atoms. The molecule has 18 heavy (non-hydrogen) atoms. The van der Waals surface area contributed by atoms with Crippen molar-refractivity contribution in [3.8, 4) is 5.75 Å². The third kappa shape index (κ3) is 2.01. The molecule has 0 saturated heterocycles. The number of Topliss-reactive ketones (excluding diaryl/α,β-unsaturated/α-hetero) is 1. The van der Waals surface area contributed by atoms with Gasteiger partial charge in [-0.3, -0.25) is 9.59 Å². The molecule has 0 saturated carbocycles. The van der Waals surface area contributed by atoms with Crippen LogP contribution in [0.5, 0.6) is 5.75 Å². The van der Waals surface area contributed by atoms with Gasteiger partial charge in [0.05, 0.1) is 18.8 Å². The second kappa shape index (κ2) is 5.04. The number of ether oxygens (including phenoxy) is 2. The first-order valence-corrected chi connectivity index (χ1v) is 5.88. The Morgan fingerprint density at radius 1 is 1.06 bits per heavy atom. The first-order valence-electron chi connectivity index (χ1n) is 5.88. The molecule has 1 aromatic carbocycles. The normalized spacial score (nSPS) is 14.0. The van der Waals surface area contributed by atoms with Gasteiger partial charge < -0.3 is 9.47 Å². The highest BCUT2D eigenvalue weighted by atomic mass is 16.5. The van der Waals surface area contributed by atoms with Gasteiger partial charge in [0.15, 0.2) is 11.5 Å². The highest BCUT2D eigenvalue weighted by molar-refractivity contribution is 6.24. The minimum atomic E-state index is -0.296. The van der Waals surface area contributed by atoms with E-state index in [4.69, 9.17) is 9.47 Å². The first kappa shape index (κ1) is 12.4. The number of rotatable bonds is 4. The van der Waals surface area contributed by atoms with Crippen molar-refractivity contribution in [2.75, 3.05) is 13.2 Å². The van der Waals surface area contributed by atoms with E-state index in [0.717, 1.165) is 0 Å². The van der Waals surface area contributed by atoms with Crippen LogP contribution >= 0.6 is 0 Å². The van der Waals surface area contributed by atoms with Gasteiger partial charge in [-0.1, -0.05) is 12.1 Å². The van der Waals surface area contributed by atoms with E-state index in [9.17, 15) is 9.59 Å². The lowest BCUT2D eigenvalue weighted by atomic mass is 9.93. The third-order valence-corrected chi connectivity index (χ3v) is 2.60. The van der Waals surface area contributed by atoms with Gasteiger partial charge in [0.2, 0.25) is 5.78 Å². The predicted molar refractivity (Wildman–Crippen MR) is 66.0 cm³/mol. The minimum Gasteiger partial charge on any atom is -0.493 e. The van der Waals surface area contributed by atoms with Crippen LogP contribution in [0.2, 0.25) is 0 Å². The van der Waals surface area contributed by atoms with Gasteiger partial charge in [-0.25, -0.2) is 0 Å². The Morgan fingerprint density at radius 3 is 2.44 bits per heavy atom. The van der Waals surface area contributed by atoms with E-state index in [0.29, 0.717) is 30.1 Å². The molecule has 0 bridgehead atoms. The van der Waals surface area contributed by atoms with Crippen LogP contribution in [0.1, 0.15) is 34.6 Å². The molecule has 0 radical (unpaired) electrons. The number of hydrogen-bond donors (Lipinski definition) is 0. The van der Waals surface area contributed by atoms with Gasteiger partial charge >= 0.3 is 0 Å². The molecule has 0 heterocycles. The molecule has 1 aromatic rings. The van der Waals surface area contributed by atoms with E-state index in [1.165, 1.54) is 6.08 Å². The number of carbonyl (C=O) groups is 2. The summed E-state index contributed by atoms with van der Waals surface area (Å²) in [6.07, 6.45) is 1.24. The minimum absolute atomic E-state index is 0.0853. The van der Waals surface area contributed by atoms with Crippen LogP contribution in [-0.2, 0) is 4.74 Å². The molecule has 0 fully saturated rings. The zero-order valence-electron chi connectivity index (χ0n) is 10.4. The van der Waals surface area contributed by atoms with Gasteiger partial charge in [-0.2, -0.15) is 0 Å². The SMILES string of the molecule is CCOC1=CC(=O)c2cccc(OCC)c2C1=O. The summed E-state index contributed by atoms with van der Waals surface area (Å²) in [7, 11) is 0. The van der Waals surface area contributed by atoms with Crippen molar-refractivity contribution in [2.24, 2.45) is 0 Å². The fraction of sp³-hybridized carbons (Fsp3) is 0.286. The number of ketones is 2. The molecule has 0 unspecified atom stereocenters. The van der Waals surface area contributed by atoms with Crippen molar-refractivity contribution in [3.63, 3.8) is 0 Å². The Morgan fingerprint density at radius 2 is 1.78 bits per heavy atom. The monoisotopic (exact) mass is 246 g/mol. The zero-order chi connectivity index (χ0) is 13.1. The molecule has 0 atom stereocenters. The Labute approximate surface area is 105 Å². The van der Waals surface area contributed by atoms with E-state index in [1.807, 2.05) is 6.92 Å². The lowest BCUT2D eigenvalue weighted by Gasteiger charge is -2.18. The van der Waals surface area contributed by atoms with E-state index >= 15 is 0 Å². The van der Waals surface area contributed by atoms with Gasteiger partial charge in [0.1, 0.15) is 5.75 Å². The lowest BCUT2D eigenvalue weighted by Crippen LogP contribution is -2.20. The predicted octanol–water partition coefficient (Wildman–Crippen LogP) is 2.38. The Hall–Kier alpha value is -2.10. The quantitative estimate of drug-likeness (QED) is 0.818. The van der Waals surface area contributed by atoms with E-state index in [-0.39, 0.29) is 17.3 Å². The van der Waals surface area contributed by atoms with Crippen molar-refractivity contribution >= 4 is 11.6 Å². The Bertz CT molecular complexity index is 529. The van der Waals surface area contributed by atoms with Crippen molar-refractivity contribution in [1.82, 2.24) is 0 Å². The molecular formula is C14H14O4. The average Bonchev–Trinajstić information content (AvgIpc) is 2.36. The highest BCUT2D eigenvalue weighted by Crippen LogP contribution is 2.30. The maximum absolute atomic E-state index is 12.2. The van der Waals surface area contributed by atoms with Crippen molar-refractivity contribution in [1.29, 1.82) is 0 Å². The summed E-state index contributed by atoms with van der Waals surface area (Å²) in [6, 6.07) is 5.01. The van der Waals surface area contributed by atoms with Crippen LogP contribution in [-0.4, -0.2) is 24.8 Å². The van der Waals surface area contributed by atoms with E-state index in [1.54, 1.807) is 25.1 Å². The van der Waals surface area contributed by atoms with Crippen molar-refractivity contribution in [2.45, 2.75) is 13.8 Å². The van der Waals surface area contributed by atoms with Crippen LogP contribution in [0.3, 0.4) is 0 Å². The largest absolute Gasteiger partial charge is 0.493 e. The van der Waals surface area contributed by atoms with Crippen LogP contribution in [0.4, 0.5) is 0 Å². The second-order valence-electron chi connectivity index (χ2n) is 3.75. The Kier molecular flexibility index (Phi) is 3.46. The van der Waals surface area contributed by atoms with Gasteiger partial charge in [-0.15, -0.1) is 0 Å². The fourth-order valence-electron chi connectivity index (χ4n) is 1.89.